The van der Waals surface area contributed by atoms with Crippen LogP contribution in [-0.4, -0.2) is 167 Å². The number of esters is 3. The zero-order valence-electron chi connectivity index (χ0n) is 39.1. The summed E-state index contributed by atoms with van der Waals surface area (Å²) in [6.45, 7) is 15.9. The minimum Gasteiger partial charge on any atom is -0.468 e. The lowest BCUT2D eigenvalue weighted by molar-refractivity contribution is -0.144. The Kier molecular flexibility index (Phi) is 21.5. The number of ether oxygens (including phenoxy) is 5. The Bertz CT molecular complexity index is 1920. The Morgan fingerprint density at radius 2 is 1.02 bits per heavy atom. The summed E-state index contributed by atoms with van der Waals surface area (Å²) in [6.07, 6.45) is -0.799. The van der Waals surface area contributed by atoms with Gasteiger partial charge in [-0.1, -0.05) is 66.7 Å². The number of para-hydroxylation sites is 2. The summed E-state index contributed by atoms with van der Waals surface area (Å²) in [7, 11) is 2.78. The molecule has 3 atom stereocenters. The van der Waals surface area contributed by atoms with Crippen LogP contribution in [0.15, 0.2) is 91.0 Å². The molecule has 0 aliphatic carbocycles. The maximum absolute atomic E-state index is 12.2. The van der Waals surface area contributed by atoms with E-state index in [0.717, 1.165) is 24.5 Å². The lowest BCUT2D eigenvalue weighted by Gasteiger charge is -2.41. The summed E-state index contributed by atoms with van der Waals surface area (Å²) in [5.41, 5.74) is 1.44. The monoisotopic (exact) mass is 906 g/mol. The van der Waals surface area contributed by atoms with Crippen LogP contribution in [0.2, 0.25) is 0 Å². The summed E-state index contributed by atoms with van der Waals surface area (Å²) in [5, 5.41) is 23.4. The highest BCUT2D eigenvalue weighted by Crippen LogP contribution is 2.23. The van der Waals surface area contributed by atoms with Gasteiger partial charge in [0.1, 0.15) is 29.3 Å². The van der Waals surface area contributed by atoms with Crippen molar-refractivity contribution in [1.29, 1.82) is 0 Å². The molecule has 3 aliphatic rings. The quantitative estimate of drug-likeness (QED) is 0.159. The van der Waals surface area contributed by atoms with Gasteiger partial charge in [-0.25, -0.2) is 19.2 Å². The summed E-state index contributed by atoms with van der Waals surface area (Å²) in [4.78, 5) is 66.3. The van der Waals surface area contributed by atoms with E-state index < -0.39 is 42.6 Å². The fourth-order valence-electron chi connectivity index (χ4n) is 6.69. The summed E-state index contributed by atoms with van der Waals surface area (Å²) in [6, 6.07) is 27.0. The van der Waals surface area contributed by atoms with Crippen LogP contribution in [0.25, 0.3) is 0 Å². The third-order valence-electron chi connectivity index (χ3n) is 9.81. The molecule has 2 amide bonds. The number of anilines is 2. The van der Waals surface area contributed by atoms with Crippen molar-refractivity contribution in [3.63, 3.8) is 0 Å². The number of piperazine rings is 3. The Balaban J connectivity index is 0.000000240. The van der Waals surface area contributed by atoms with Crippen LogP contribution in [-0.2, 0) is 38.1 Å². The first-order chi connectivity index (χ1) is 30.8. The van der Waals surface area contributed by atoms with E-state index in [-0.39, 0.29) is 37.0 Å². The third-order valence-corrected chi connectivity index (χ3v) is 9.81. The predicted octanol–water partition coefficient (Wildman–Crippen LogP) is 2.66. The van der Waals surface area contributed by atoms with Crippen LogP contribution in [0.1, 0.15) is 41.5 Å². The van der Waals surface area contributed by atoms with Gasteiger partial charge in [-0.05, 0) is 71.3 Å². The molecule has 4 N–H and O–H groups in total. The lowest BCUT2D eigenvalue weighted by atomic mass is 9.81. The van der Waals surface area contributed by atoms with Crippen molar-refractivity contribution < 1.29 is 57.7 Å². The van der Waals surface area contributed by atoms with E-state index in [0.29, 0.717) is 38.2 Å². The maximum atomic E-state index is 12.2. The van der Waals surface area contributed by atoms with Gasteiger partial charge in [-0.2, -0.15) is 0 Å². The van der Waals surface area contributed by atoms with Crippen molar-refractivity contribution in [2.24, 2.45) is 0 Å². The topological polar surface area (TPSA) is 209 Å². The van der Waals surface area contributed by atoms with Crippen LogP contribution in [0.4, 0.5) is 21.0 Å². The number of hydrogen-bond acceptors (Lipinski definition) is 16. The van der Waals surface area contributed by atoms with Gasteiger partial charge < -0.3 is 64.0 Å². The van der Waals surface area contributed by atoms with E-state index in [1.54, 1.807) is 29.2 Å². The van der Waals surface area contributed by atoms with Gasteiger partial charge in [0.15, 0.2) is 0 Å². The van der Waals surface area contributed by atoms with E-state index in [4.69, 9.17) is 29.0 Å². The average molecular weight is 907 g/mol. The second-order valence-corrected chi connectivity index (χ2v) is 17.0. The van der Waals surface area contributed by atoms with Gasteiger partial charge in [0, 0.05) is 57.2 Å². The number of hydrogen-bond donors (Lipinski definition) is 4. The van der Waals surface area contributed by atoms with E-state index in [9.17, 15) is 24.0 Å². The third kappa shape index (κ3) is 18.3. The molecule has 3 aromatic rings. The Morgan fingerprint density at radius 3 is 1.46 bits per heavy atom. The van der Waals surface area contributed by atoms with E-state index in [1.165, 1.54) is 26.2 Å². The number of nitrogens with zero attached hydrogens (tertiary/aromatic N) is 4. The molecule has 6 rings (SSSR count). The molecule has 3 heterocycles. The normalized spacial score (nSPS) is 18.4. The van der Waals surface area contributed by atoms with Crippen LogP contribution >= 0.6 is 0 Å². The van der Waals surface area contributed by atoms with Crippen LogP contribution in [0.3, 0.4) is 0 Å². The highest BCUT2D eigenvalue weighted by molar-refractivity contribution is 6.58. The van der Waals surface area contributed by atoms with E-state index >= 15 is 0 Å². The Labute approximate surface area is 383 Å². The first kappa shape index (κ1) is 53.5. The SMILES string of the molecule is COC(=O)C1CN(C(=O)OC(C)(C)C)CCN1.COC(=O)C1CN(C(=O)OC(C)(C)C)CCN1c1ccccc1.COC(=O)C1CNCCN1c1ccccc1.OB(O)c1ccccc1. The molecule has 3 unspecified atom stereocenters. The second-order valence-electron chi connectivity index (χ2n) is 17.0. The predicted molar refractivity (Wildman–Crippen MR) is 248 cm³/mol. The van der Waals surface area contributed by atoms with Gasteiger partial charge in [-0.3, -0.25) is 4.79 Å². The molecule has 18 nitrogen and oxygen atoms in total. The van der Waals surface area contributed by atoms with Crippen molar-refractivity contribution in [3.05, 3.63) is 91.0 Å². The molecule has 19 heteroatoms. The molecule has 0 saturated carbocycles. The molecular weight excluding hydrogens is 839 g/mol. The highest BCUT2D eigenvalue weighted by atomic mass is 16.6. The van der Waals surface area contributed by atoms with E-state index in [2.05, 4.69) is 20.3 Å². The van der Waals surface area contributed by atoms with Gasteiger partial charge in [-0.15, -0.1) is 0 Å². The Morgan fingerprint density at radius 1 is 0.569 bits per heavy atom. The van der Waals surface area contributed by atoms with Gasteiger partial charge in [0.2, 0.25) is 0 Å². The van der Waals surface area contributed by atoms with Crippen molar-refractivity contribution in [2.75, 3.05) is 90.0 Å². The molecule has 65 heavy (non-hydrogen) atoms. The summed E-state index contributed by atoms with van der Waals surface area (Å²) in [5.74, 6) is -0.906. The number of rotatable bonds is 6. The zero-order chi connectivity index (χ0) is 48.2. The first-order valence-electron chi connectivity index (χ1n) is 21.5. The van der Waals surface area contributed by atoms with Crippen molar-refractivity contribution in [1.82, 2.24) is 20.4 Å². The number of nitrogens with one attached hydrogen (secondary N) is 2. The zero-order valence-corrected chi connectivity index (χ0v) is 39.1. The molecule has 3 aromatic carbocycles. The molecule has 0 bridgehead atoms. The summed E-state index contributed by atoms with van der Waals surface area (Å²) < 4.78 is 25.0. The fourth-order valence-corrected chi connectivity index (χ4v) is 6.69. The molecular formula is C46H67BN6O12. The second kappa shape index (κ2) is 26.2. The van der Waals surface area contributed by atoms with Crippen molar-refractivity contribution in [2.45, 2.75) is 70.9 Å². The molecule has 3 aliphatic heterocycles. The van der Waals surface area contributed by atoms with Crippen molar-refractivity contribution >= 4 is 54.1 Å². The number of benzene rings is 3. The highest BCUT2D eigenvalue weighted by Gasteiger charge is 2.37. The minimum absolute atomic E-state index is 0.184. The standard InChI is InChI=1S/C17H24N2O4.C12H16N2O2.C11H20N2O4.C6H7BO2/c1-17(2,3)23-16(21)18-10-11-19(13-8-6-5-7-9-13)14(12-18)15(20)22-4;1-16-12(15)11-9-13-7-8-14(11)10-5-3-2-4-6-10;1-11(2,3)17-10(15)13-6-5-12-8(7-13)9(14)16-4;8-7(9)6-4-2-1-3-5-6/h5-9,14H,10-12H2,1-4H3;2-6,11,13H,7-9H2,1H3;8,12H,5-7H2,1-4H3;1-5,8-9H. The van der Waals surface area contributed by atoms with Crippen LogP contribution < -0.4 is 25.9 Å². The first-order valence-corrected chi connectivity index (χ1v) is 21.5. The maximum Gasteiger partial charge on any atom is 0.488 e. The fraction of sp³-hybridized carbons (Fsp3) is 0.500. The molecule has 0 spiro atoms. The smallest absolute Gasteiger partial charge is 0.468 e. The van der Waals surface area contributed by atoms with E-state index in [1.807, 2.05) is 113 Å². The Hall–Kier alpha value is -5.89. The minimum atomic E-state index is -1.34. The molecule has 3 fully saturated rings. The van der Waals surface area contributed by atoms with Gasteiger partial charge in [0.25, 0.3) is 0 Å². The van der Waals surface area contributed by atoms with Gasteiger partial charge in [0.05, 0.1) is 34.4 Å². The van der Waals surface area contributed by atoms with Gasteiger partial charge >= 0.3 is 37.2 Å². The van der Waals surface area contributed by atoms with Crippen molar-refractivity contribution in [3.8, 4) is 0 Å². The largest absolute Gasteiger partial charge is 0.488 e. The lowest BCUT2D eigenvalue weighted by Crippen LogP contribution is -2.58. The van der Waals surface area contributed by atoms with Crippen LogP contribution in [0.5, 0.6) is 0 Å². The molecule has 356 valence electrons. The summed E-state index contributed by atoms with van der Waals surface area (Å²) >= 11 is 0. The van der Waals surface area contributed by atoms with Crippen LogP contribution in [0, 0.1) is 0 Å². The number of carbonyl (C=O) groups excluding carboxylic acids is 5. The number of carbonyl (C=O) groups is 5. The molecule has 0 aromatic heterocycles. The average Bonchev–Trinajstić information content (AvgIpc) is 3.31. The molecule has 0 radical (unpaired) electrons. The number of methoxy groups -OCH3 is 3. The number of amides is 2. The molecule has 3 saturated heterocycles.